The first kappa shape index (κ1) is 19.2. The van der Waals surface area contributed by atoms with Crippen LogP contribution in [0.15, 0.2) is 41.5 Å². The minimum Gasteiger partial charge on any atom is -0.354 e. The lowest BCUT2D eigenvalue weighted by molar-refractivity contribution is -0.121. The molecule has 4 rings (SSSR count). The molecule has 1 amide bonds. The van der Waals surface area contributed by atoms with E-state index in [1.165, 1.54) is 20.2 Å². The van der Waals surface area contributed by atoms with Gasteiger partial charge in [0.25, 0.3) is 0 Å². The van der Waals surface area contributed by atoms with Crippen molar-refractivity contribution in [2.75, 3.05) is 18.0 Å². The fourth-order valence-corrected chi connectivity index (χ4v) is 3.63. The Morgan fingerprint density at radius 2 is 2.03 bits per heavy atom. The van der Waals surface area contributed by atoms with Crippen molar-refractivity contribution in [1.82, 2.24) is 24.5 Å². The Kier molecular flexibility index (Phi) is 5.33. The Balaban J connectivity index is 1.57. The molecule has 0 fully saturated rings. The summed E-state index contributed by atoms with van der Waals surface area (Å²) in [4.78, 5) is 31.5. The number of rotatable bonds is 6. The van der Waals surface area contributed by atoms with E-state index in [1.54, 1.807) is 12.4 Å². The maximum atomic E-state index is 12.7. The molecule has 0 unspecified atom stereocenters. The predicted molar refractivity (Wildman–Crippen MR) is 111 cm³/mol. The Morgan fingerprint density at radius 3 is 2.83 bits per heavy atom. The van der Waals surface area contributed by atoms with Crippen LogP contribution < -0.4 is 15.9 Å². The molecule has 1 N–H and O–H groups in total. The quantitative estimate of drug-likeness (QED) is 0.687. The molecule has 3 heterocycles. The van der Waals surface area contributed by atoms with E-state index in [1.807, 2.05) is 6.07 Å². The molecule has 0 spiro atoms. The van der Waals surface area contributed by atoms with Gasteiger partial charge in [0, 0.05) is 32.0 Å². The van der Waals surface area contributed by atoms with Crippen LogP contribution in [0.2, 0.25) is 0 Å². The van der Waals surface area contributed by atoms with E-state index in [0.29, 0.717) is 23.9 Å². The van der Waals surface area contributed by atoms with Crippen LogP contribution in [0.5, 0.6) is 0 Å². The minimum absolute atomic E-state index is 0.0963. The lowest BCUT2D eigenvalue weighted by Gasteiger charge is -2.29. The summed E-state index contributed by atoms with van der Waals surface area (Å²) < 4.78 is 2.67. The highest BCUT2D eigenvalue weighted by Crippen LogP contribution is 2.24. The molecule has 2 aromatic heterocycles. The average Bonchev–Trinajstić information content (AvgIpc) is 3.03. The summed E-state index contributed by atoms with van der Waals surface area (Å²) in [5.41, 5.74) is 2.75. The molecule has 1 aliphatic heterocycles. The van der Waals surface area contributed by atoms with E-state index < -0.39 is 0 Å². The van der Waals surface area contributed by atoms with Gasteiger partial charge in [0.1, 0.15) is 6.54 Å². The fourth-order valence-electron chi connectivity index (χ4n) is 3.63. The number of carbonyl (C=O) groups excluding carboxylic acids is 1. The number of nitrogens with one attached hydrogen (secondary N) is 1. The summed E-state index contributed by atoms with van der Waals surface area (Å²) in [5, 5.41) is 7.28. The van der Waals surface area contributed by atoms with E-state index >= 15 is 0 Å². The Morgan fingerprint density at radius 1 is 1.24 bits per heavy atom. The van der Waals surface area contributed by atoms with Gasteiger partial charge in [0.15, 0.2) is 5.82 Å². The number of fused-ring (bicyclic) bond motifs is 2. The number of amides is 1. The third kappa shape index (κ3) is 4.01. The van der Waals surface area contributed by atoms with Gasteiger partial charge in [-0.05, 0) is 29.9 Å². The van der Waals surface area contributed by atoms with E-state index in [9.17, 15) is 9.59 Å². The van der Waals surface area contributed by atoms with Crippen LogP contribution in [-0.2, 0) is 24.3 Å². The summed E-state index contributed by atoms with van der Waals surface area (Å²) in [5.74, 6) is 0.965. The van der Waals surface area contributed by atoms with Gasteiger partial charge in [-0.1, -0.05) is 38.1 Å². The Bertz CT molecular complexity index is 1080. The summed E-state index contributed by atoms with van der Waals surface area (Å²) in [6.07, 6.45) is 5.02. The maximum absolute atomic E-state index is 12.7. The van der Waals surface area contributed by atoms with Crippen LogP contribution >= 0.6 is 0 Å². The first-order valence-corrected chi connectivity index (χ1v) is 10.1. The van der Waals surface area contributed by atoms with Gasteiger partial charge in [0.05, 0.1) is 0 Å². The third-order valence-corrected chi connectivity index (χ3v) is 5.25. The number of nitrogens with zero attached hydrogens (tertiary/aromatic N) is 5. The minimum atomic E-state index is -0.333. The van der Waals surface area contributed by atoms with Crippen molar-refractivity contribution in [3.8, 4) is 0 Å². The molecular weight excluding hydrogens is 368 g/mol. The van der Waals surface area contributed by atoms with Crippen LogP contribution in [0.4, 0.5) is 5.82 Å². The number of anilines is 1. The molecule has 1 aromatic carbocycles. The zero-order valence-electron chi connectivity index (χ0n) is 16.8. The largest absolute Gasteiger partial charge is 0.354 e. The van der Waals surface area contributed by atoms with Gasteiger partial charge in [-0.3, -0.25) is 4.79 Å². The lowest BCUT2D eigenvalue weighted by Crippen LogP contribution is -2.33. The molecule has 1 aliphatic rings. The normalized spacial score (nSPS) is 13.7. The van der Waals surface area contributed by atoms with E-state index in [2.05, 4.69) is 52.3 Å². The molecule has 0 saturated heterocycles. The summed E-state index contributed by atoms with van der Waals surface area (Å²) >= 11 is 0. The molecule has 29 heavy (non-hydrogen) atoms. The predicted octanol–water partition coefficient (Wildman–Crippen LogP) is 1.62. The van der Waals surface area contributed by atoms with Crippen LogP contribution in [0.25, 0.3) is 5.65 Å². The van der Waals surface area contributed by atoms with Crippen molar-refractivity contribution < 1.29 is 4.79 Å². The first-order chi connectivity index (χ1) is 14.0. The summed E-state index contributed by atoms with van der Waals surface area (Å²) in [7, 11) is 0. The number of aromatic nitrogens is 4. The number of hydrogen-bond acceptors (Lipinski definition) is 5. The molecule has 0 saturated carbocycles. The van der Waals surface area contributed by atoms with Crippen molar-refractivity contribution in [3.63, 3.8) is 0 Å². The monoisotopic (exact) mass is 394 g/mol. The number of benzene rings is 1. The molecule has 0 aliphatic carbocycles. The number of carbonyl (C=O) groups is 1. The van der Waals surface area contributed by atoms with Gasteiger partial charge < -0.3 is 10.2 Å². The van der Waals surface area contributed by atoms with Gasteiger partial charge >= 0.3 is 5.69 Å². The van der Waals surface area contributed by atoms with Gasteiger partial charge in [0.2, 0.25) is 11.6 Å². The highest BCUT2D eigenvalue weighted by Gasteiger charge is 2.22. The van der Waals surface area contributed by atoms with Crippen LogP contribution in [-0.4, -0.2) is 38.2 Å². The van der Waals surface area contributed by atoms with E-state index in [0.717, 1.165) is 25.9 Å². The van der Waals surface area contributed by atoms with Gasteiger partial charge in [-0.25, -0.2) is 18.9 Å². The standard InChI is InChI=1S/C21H26N6O2/c1-15(2)7-9-22-18(28)14-27-21(29)26-12-10-23-19(20(26)24-27)25-11-8-16-5-3-4-6-17(16)13-25/h3-6,10,12,15H,7-9,11,13-14H2,1-2H3,(H,22,28). The molecule has 8 nitrogen and oxygen atoms in total. The highest BCUT2D eigenvalue weighted by atomic mass is 16.2. The van der Waals surface area contributed by atoms with Crippen LogP contribution in [0, 0.1) is 5.92 Å². The topological polar surface area (TPSA) is 84.5 Å². The van der Waals surface area contributed by atoms with Crippen molar-refractivity contribution in [2.24, 2.45) is 5.92 Å². The van der Waals surface area contributed by atoms with Crippen molar-refractivity contribution in [3.05, 3.63) is 58.3 Å². The maximum Gasteiger partial charge on any atom is 0.350 e. The van der Waals surface area contributed by atoms with E-state index in [4.69, 9.17) is 0 Å². The molecule has 0 radical (unpaired) electrons. The SMILES string of the molecule is CC(C)CCNC(=O)Cn1nc2c(N3CCc4ccccc4C3)nccn2c1=O. The molecular formula is C21H26N6O2. The van der Waals surface area contributed by atoms with E-state index in [-0.39, 0.29) is 18.1 Å². The Labute approximate surface area is 169 Å². The summed E-state index contributed by atoms with van der Waals surface area (Å²) in [6, 6.07) is 8.36. The Hall–Kier alpha value is -3.16. The first-order valence-electron chi connectivity index (χ1n) is 10.1. The number of hydrogen-bond donors (Lipinski definition) is 1. The van der Waals surface area contributed by atoms with Gasteiger partial charge in [-0.15, -0.1) is 5.10 Å². The van der Waals surface area contributed by atoms with Crippen molar-refractivity contribution >= 4 is 17.4 Å². The second-order valence-electron chi connectivity index (χ2n) is 7.86. The zero-order chi connectivity index (χ0) is 20.4. The lowest BCUT2D eigenvalue weighted by atomic mass is 10.00. The highest BCUT2D eigenvalue weighted by molar-refractivity contribution is 5.75. The smallest absolute Gasteiger partial charge is 0.350 e. The fraction of sp³-hybridized carbons (Fsp3) is 0.429. The van der Waals surface area contributed by atoms with Crippen LogP contribution in [0.3, 0.4) is 0 Å². The zero-order valence-corrected chi connectivity index (χ0v) is 16.8. The second-order valence-corrected chi connectivity index (χ2v) is 7.86. The molecule has 8 heteroatoms. The average molecular weight is 394 g/mol. The van der Waals surface area contributed by atoms with Crippen molar-refractivity contribution in [2.45, 2.75) is 39.8 Å². The summed E-state index contributed by atoms with van der Waals surface area (Å²) in [6.45, 7) is 6.23. The van der Waals surface area contributed by atoms with Crippen molar-refractivity contribution in [1.29, 1.82) is 0 Å². The van der Waals surface area contributed by atoms with Crippen LogP contribution in [0.1, 0.15) is 31.4 Å². The molecule has 0 atom stereocenters. The van der Waals surface area contributed by atoms with Gasteiger partial charge in [-0.2, -0.15) is 0 Å². The molecule has 152 valence electrons. The molecule has 0 bridgehead atoms. The third-order valence-electron chi connectivity index (χ3n) is 5.25. The second kappa shape index (κ2) is 8.06. The molecule has 3 aromatic rings.